The number of pyridine rings is 1. The average Bonchev–Trinajstić information content (AvgIpc) is 2.73. The minimum atomic E-state index is -0.268. The van der Waals surface area contributed by atoms with E-state index in [1.807, 2.05) is 24.3 Å². The van der Waals surface area contributed by atoms with Crippen LogP contribution < -0.4 is 32.3 Å². The molecule has 2 heterocycles. The second-order valence-electron chi connectivity index (χ2n) is 6.89. The fraction of sp³-hybridized carbons (Fsp3) is 0.333. The molecule has 29 heavy (non-hydrogen) atoms. The molecule has 0 radical (unpaired) electrons. The highest BCUT2D eigenvalue weighted by molar-refractivity contribution is 6.04. The largest absolute Gasteiger partial charge is 0.399 e. The molecule has 1 aliphatic heterocycles. The van der Waals surface area contributed by atoms with Gasteiger partial charge in [0.25, 0.3) is 5.91 Å². The van der Waals surface area contributed by atoms with Gasteiger partial charge in [-0.15, -0.1) is 0 Å². The molecule has 0 bridgehead atoms. The van der Waals surface area contributed by atoms with E-state index in [4.69, 9.17) is 5.73 Å². The molecular formula is C21H29N7O. The van der Waals surface area contributed by atoms with Gasteiger partial charge in [0.05, 0.1) is 11.7 Å². The lowest BCUT2D eigenvalue weighted by molar-refractivity contribution is -0.113. The van der Waals surface area contributed by atoms with Crippen LogP contribution in [0.15, 0.2) is 60.6 Å². The van der Waals surface area contributed by atoms with Crippen LogP contribution in [0.4, 0.5) is 11.4 Å². The van der Waals surface area contributed by atoms with Crippen molar-refractivity contribution in [2.24, 2.45) is 0 Å². The number of amides is 1. The molecule has 1 aliphatic rings. The summed E-state index contributed by atoms with van der Waals surface area (Å²) in [6, 6.07) is 11.2. The van der Waals surface area contributed by atoms with Crippen molar-refractivity contribution in [3.63, 3.8) is 0 Å². The molecule has 8 nitrogen and oxygen atoms in total. The molecule has 0 spiro atoms. The van der Waals surface area contributed by atoms with Gasteiger partial charge in [0.15, 0.2) is 0 Å². The Morgan fingerprint density at radius 1 is 1.17 bits per heavy atom. The van der Waals surface area contributed by atoms with Crippen molar-refractivity contribution in [3.05, 3.63) is 66.1 Å². The van der Waals surface area contributed by atoms with Crippen molar-refractivity contribution < 1.29 is 4.79 Å². The summed E-state index contributed by atoms with van der Waals surface area (Å²) >= 11 is 0. The normalized spacial score (nSPS) is 18.6. The van der Waals surface area contributed by atoms with Crippen molar-refractivity contribution in [1.82, 2.24) is 26.3 Å². The number of carbonyl (C=O) groups is 1. The first kappa shape index (κ1) is 20.8. The number of aromatic nitrogens is 1. The zero-order valence-electron chi connectivity index (χ0n) is 16.6. The molecule has 2 aromatic rings. The summed E-state index contributed by atoms with van der Waals surface area (Å²) in [5.74, 6) is -0.181. The summed E-state index contributed by atoms with van der Waals surface area (Å²) in [7, 11) is 0. The molecule has 0 saturated carbocycles. The van der Waals surface area contributed by atoms with Crippen LogP contribution in [-0.2, 0) is 11.2 Å². The zero-order chi connectivity index (χ0) is 20.5. The molecule has 0 saturated heterocycles. The maximum Gasteiger partial charge on any atom is 0.256 e. The number of nitrogen functional groups attached to an aromatic ring is 1. The average molecular weight is 396 g/mol. The molecule has 8 heteroatoms. The van der Waals surface area contributed by atoms with Crippen molar-refractivity contribution in [1.29, 1.82) is 0 Å². The summed E-state index contributed by atoms with van der Waals surface area (Å²) in [6.07, 6.45) is 6.80. The summed E-state index contributed by atoms with van der Waals surface area (Å²) < 4.78 is 0. The standard InChI is InChI=1S/C21H29N7O/c1-2-9-24-19-18(20(29)27-17-5-3-4-16(22)13-17)14-26-21(28-19)25-12-8-15-6-10-23-11-7-15/h3-7,10-11,13-14,19,21,24-26,28H,2,8-9,12,22H2,1H3,(H,27,29). The lowest BCUT2D eigenvalue weighted by Gasteiger charge is -2.33. The Hall–Kier alpha value is -2.94. The first-order valence-electron chi connectivity index (χ1n) is 9.90. The first-order chi connectivity index (χ1) is 14.2. The number of nitrogens with one attached hydrogen (secondary N) is 5. The number of nitrogens with zero attached hydrogens (tertiary/aromatic N) is 1. The minimum Gasteiger partial charge on any atom is -0.399 e. The van der Waals surface area contributed by atoms with Crippen LogP contribution in [0.3, 0.4) is 0 Å². The van der Waals surface area contributed by atoms with Crippen LogP contribution >= 0.6 is 0 Å². The van der Waals surface area contributed by atoms with Crippen molar-refractivity contribution in [2.75, 3.05) is 24.1 Å². The van der Waals surface area contributed by atoms with Gasteiger partial charge in [-0.25, -0.2) is 0 Å². The number of carbonyl (C=O) groups excluding carboxylic acids is 1. The molecule has 1 aromatic carbocycles. The third-order valence-corrected chi connectivity index (χ3v) is 4.57. The monoisotopic (exact) mass is 395 g/mol. The van der Waals surface area contributed by atoms with Crippen molar-refractivity contribution in [2.45, 2.75) is 32.2 Å². The fourth-order valence-electron chi connectivity index (χ4n) is 3.06. The van der Waals surface area contributed by atoms with Gasteiger partial charge < -0.3 is 16.4 Å². The smallest absolute Gasteiger partial charge is 0.256 e. The van der Waals surface area contributed by atoms with E-state index in [0.717, 1.165) is 25.9 Å². The van der Waals surface area contributed by atoms with Gasteiger partial charge >= 0.3 is 0 Å². The van der Waals surface area contributed by atoms with Crippen LogP contribution in [0.2, 0.25) is 0 Å². The topological polar surface area (TPSA) is 116 Å². The van der Waals surface area contributed by atoms with Gasteiger partial charge in [0.2, 0.25) is 0 Å². The van der Waals surface area contributed by atoms with Gasteiger partial charge in [-0.05, 0) is 55.3 Å². The molecule has 0 fully saturated rings. The van der Waals surface area contributed by atoms with Crippen molar-refractivity contribution in [3.8, 4) is 0 Å². The maximum atomic E-state index is 12.8. The van der Waals surface area contributed by atoms with E-state index in [2.05, 4.69) is 38.5 Å². The molecule has 3 rings (SSSR count). The Morgan fingerprint density at radius 3 is 2.76 bits per heavy atom. The second kappa shape index (κ2) is 10.6. The number of nitrogens with two attached hydrogens (primary N) is 1. The summed E-state index contributed by atoms with van der Waals surface area (Å²) in [5.41, 5.74) is 8.89. The SMILES string of the molecule is CCCNC1NC(NCCc2ccncc2)NC=C1C(=O)Nc1cccc(N)c1. The predicted octanol–water partition coefficient (Wildman–Crippen LogP) is 1.12. The van der Waals surface area contributed by atoms with Gasteiger partial charge in [0.1, 0.15) is 6.29 Å². The molecule has 2 atom stereocenters. The predicted molar refractivity (Wildman–Crippen MR) is 116 cm³/mol. The maximum absolute atomic E-state index is 12.8. The van der Waals surface area contributed by atoms with E-state index in [0.29, 0.717) is 16.9 Å². The molecule has 2 unspecified atom stereocenters. The van der Waals surface area contributed by atoms with Crippen LogP contribution in [0, 0.1) is 0 Å². The summed E-state index contributed by atoms with van der Waals surface area (Å²) in [6.45, 7) is 3.67. The summed E-state index contributed by atoms with van der Waals surface area (Å²) in [4.78, 5) is 16.8. The number of hydrogen-bond donors (Lipinski definition) is 6. The Balaban J connectivity index is 1.59. The highest BCUT2D eigenvalue weighted by Crippen LogP contribution is 2.14. The molecule has 1 aromatic heterocycles. The van der Waals surface area contributed by atoms with Gasteiger partial charge in [-0.2, -0.15) is 0 Å². The first-order valence-corrected chi connectivity index (χ1v) is 9.90. The second-order valence-corrected chi connectivity index (χ2v) is 6.89. The van der Waals surface area contributed by atoms with E-state index in [9.17, 15) is 4.79 Å². The van der Waals surface area contributed by atoms with E-state index in [1.165, 1.54) is 5.56 Å². The number of anilines is 2. The lowest BCUT2D eigenvalue weighted by Crippen LogP contribution is -2.63. The quantitative estimate of drug-likeness (QED) is 0.353. The van der Waals surface area contributed by atoms with Gasteiger partial charge in [-0.3, -0.25) is 25.7 Å². The Bertz CT molecular complexity index is 825. The highest BCUT2D eigenvalue weighted by Gasteiger charge is 2.27. The van der Waals surface area contributed by atoms with Crippen LogP contribution in [0.1, 0.15) is 18.9 Å². The Labute approximate surface area is 171 Å². The molecule has 7 N–H and O–H groups in total. The highest BCUT2D eigenvalue weighted by atomic mass is 16.1. The molecule has 154 valence electrons. The third kappa shape index (κ3) is 6.28. The number of benzene rings is 1. The van der Waals surface area contributed by atoms with Gasteiger partial charge in [0, 0.05) is 36.5 Å². The van der Waals surface area contributed by atoms with E-state index >= 15 is 0 Å². The fourth-order valence-corrected chi connectivity index (χ4v) is 3.06. The number of hydrogen-bond acceptors (Lipinski definition) is 7. The van der Waals surface area contributed by atoms with Crippen LogP contribution in [-0.4, -0.2) is 36.4 Å². The Morgan fingerprint density at radius 2 is 2.00 bits per heavy atom. The zero-order valence-corrected chi connectivity index (χ0v) is 16.6. The van der Waals surface area contributed by atoms with E-state index < -0.39 is 0 Å². The van der Waals surface area contributed by atoms with Crippen molar-refractivity contribution >= 4 is 17.3 Å². The Kier molecular flexibility index (Phi) is 7.57. The van der Waals surface area contributed by atoms with Crippen LogP contribution in [0.5, 0.6) is 0 Å². The third-order valence-electron chi connectivity index (χ3n) is 4.57. The van der Waals surface area contributed by atoms with E-state index in [1.54, 1.807) is 30.7 Å². The lowest BCUT2D eigenvalue weighted by atomic mass is 10.1. The van der Waals surface area contributed by atoms with Gasteiger partial charge in [-0.1, -0.05) is 13.0 Å². The molecule has 0 aliphatic carbocycles. The van der Waals surface area contributed by atoms with Crippen LogP contribution in [0.25, 0.3) is 0 Å². The minimum absolute atomic E-state index is 0.143. The summed E-state index contributed by atoms with van der Waals surface area (Å²) in [5, 5.41) is 16.3. The number of rotatable bonds is 9. The molecular weight excluding hydrogens is 366 g/mol. The van der Waals surface area contributed by atoms with E-state index in [-0.39, 0.29) is 18.4 Å². The molecule has 1 amide bonds.